The third-order valence-electron chi connectivity index (χ3n) is 4.85. The van der Waals surface area contributed by atoms with Gasteiger partial charge in [-0.25, -0.2) is 0 Å². The molecule has 1 aliphatic rings. The first kappa shape index (κ1) is 16.6. The molecule has 1 aliphatic heterocycles. The van der Waals surface area contributed by atoms with Crippen LogP contribution in [0.1, 0.15) is 47.8 Å². The molecule has 1 N–H and O–H groups in total. The second-order valence-corrected chi connectivity index (χ2v) is 6.43. The van der Waals surface area contributed by atoms with Crippen molar-refractivity contribution in [1.29, 1.82) is 0 Å². The Kier molecular flexibility index (Phi) is 4.66. The van der Waals surface area contributed by atoms with Crippen LogP contribution in [-0.2, 0) is 12.1 Å². The van der Waals surface area contributed by atoms with Gasteiger partial charge in [-0.15, -0.1) is 0 Å². The summed E-state index contributed by atoms with van der Waals surface area (Å²) in [5.74, 6) is 0.00286. The molecule has 6 nitrogen and oxygen atoms in total. The Balaban J connectivity index is 1.69. The molecular formula is C18H24N4O2. The molecule has 3 heterocycles. The first-order chi connectivity index (χ1) is 11.5. The fraction of sp³-hybridized carbons (Fsp3) is 0.500. The number of nitrogens with zero attached hydrogens (tertiary/aromatic N) is 4. The Morgan fingerprint density at radius 2 is 2.08 bits per heavy atom. The summed E-state index contributed by atoms with van der Waals surface area (Å²) in [5, 5.41) is 15.2. The summed E-state index contributed by atoms with van der Waals surface area (Å²) in [5.41, 5.74) is 1.50. The molecule has 2 aromatic heterocycles. The Morgan fingerprint density at radius 1 is 1.33 bits per heavy atom. The van der Waals surface area contributed by atoms with Crippen LogP contribution in [0.25, 0.3) is 0 Å². The van der Waals surface area contributed by atoms with E-state index in [4.69, 9.17) is 0 Å². The lowest BCUT2D eigenvalue weighted by molar-refractivity contribution is -0.0214. The summed E-state index contributed by atoms with van der Waals surface area (Å²) < 4.78 is 1.88. The molecule has 1 fully saturated rings. The highest BCUT2D eigenvalue weighted by Crippen LogP contribution is 2.32. The Labute approximate surface area is 142 Å². The summed E-state index contributed by atoms with van der Waals surface area (Å²) in [6.07, 6.45) is 7.09. The standard InChI is InChI=1S/C18H24N4O2/c1-3-9-22-14(2)16(13-20-22)17(23)21-10-6-18(24,7-11-21)15-5-4-8-19-12-15/h4-5,8,12-13,24H,3,6-7,9-11H2,1-2H3. The zero-order valence-corrected chi connectivity index (χ0v) is 14.3. The van der Waals surface area contributed by atoms with Crippen molar-refractivity contribution in [2.75, 3.05) is 13.1 Å². The number of piperidine rings is 1. The zero-order valence-electron chi connectivity index (χ0n) is 14.3. The van der Waals surface area contributed by atoms with Gasteiger partial charge in [-0.3, -0.25) is 14.5 Å². The number of carbonyl (C=O) groups is 1. The van der Waals surface area contributed by atoms with Gasteiger partial charge in [0.05, 0.1) is 17.4 Å². The maximum absolute atomic E-state index is 12.8. The molecule has 1 saturated heterocycles. The van der Waals surface area contributed by atoms with E-state index in [9.17, 15) is 9.90 Å². The third kappa shape index (κ3) is 3.06. The number of aromatic nitrogens is 3. The van der Waals surface area contributed by atoms with Crippen molar-refractivity contribution in [3.63, 3.8) is 0 Å². The molecule has 1 amide bonds. The number of amides is 1. The quantitative estimate of drug-likeness (QED) is 0.933. The van der Waals surface area contributed by atoms with Crippen LogP contribution in [0, 0.1) is 6.92 Å². The molecular weight excluding hydrogens is 304 g/mol. The smallest absolute Gasteiger partial charge is 0.257 e. The fourth-order valence-electron chi connectivity index (χ4n) is 3.27. The van der Waals surface area contributed by atoms with E-state index in [2.05, 4.69) is 17.0 Å². The van der Waals surface area contributed by atoms with Gasteiger partial charge in [-0.2, -0.15) is 5.10 Å². The molecule has 0 spiro atoms. The minimum absolute atomic E-state index is 0.00286. The van der Waals surface area contributed by atoms with Gasteiger partial charge < -0.3 is 10.0 Å². The molecule has 0 aliphatic carbocycles. The van der Waals surface area contributed by atoms with Crippen LogP contribution in [0.15, 0.2) is 30.7 Å². The van der Waals surface area contributed by atoms with E-state index in [1.807, 2.05) is 28.6 Å². The van der Waals surface area contributed by atoms with Crippen LogP contribution in [-0.4, -0.2) is 43.8 Å². The number of carbonyl (C=O) groups excluding carboxylic acids is 1. The molecule has 0 aromatic carbocycles. The van der Waals surface area contributed by atoms with E-state index < -0.39 is 5.60 Å². The highest BCUT2D eigenvalue weighted by atomic mass is 16.3. The maximum Gasteiger partial charge on any atom is 0.257 e. The highest BCUT2D eigenvalue weighted by molar-refractivity contribution is 5.95. The van der Waals surface area contributed by atoms with Crippen molar-refractivity contribution < 1.29 is 9.90 Å². The van der Waals surface area contributed by atoms with Crippen LogP contribution >= 0.6 is 0 Å². The van der Waals surface area contributed by atoms with Crippen LogP contribution in [0.3, 0.4) is 0 Å². The van der Waals surface area contributed by atoms with Crippen molar-refractivity contribution in [3.05, 3.63) is 47.5 Å². The van der Waals surface area contributed by atoms with Gasteiger partial charge in [0.15, 0.2) is 0 Å². The van der Waals surface area contributed by atoms with Gasteiger partial charge in [0, 0.05) is 43.3 Å². The predicted octanol–water partition coefficient (Wildman–Crippen LogP) is 2.12. The molecule has 0 radical (unpaired) electrons. The molecule has 0 bridgehead atoms. The number of aliphatic hydroxyl groups is 1. The van der Waals surface area contributed by atoms with Crippen molar-refractivity contribution in [2.24, 2.45) is 0 Å². The minimum Gasteiger partial charge on any atom is -0.385 e. The first-order valence-electron chi connectivity index (χ1n) is 8.50. The van der Waals surface area contributed by atoms with Crippen LogP contribution in [0.4, 0.5) is 0 Å². The summed E-state index contributed by atoms with van der Waals surface area (Å²) >= 11 is 0. The van der Waals surface area contributed by atoms with Gasteiger partial charge in [-0.1, -0.05) is 13.0 Å². The topological polar surface area (TPSA) is 71.2 Å². The lowest BCUT2D eigenvalue weighted by Gasteiger charge is -2.38. The highest BCUT2D eigenvalue weighted by Gasteiger charge is 2.36. The normalized spacial score (nSPS) is 17.0. The van der Waals surface area contributed by atoms with Gasteiger partial charge in [-0.05, 0) is 32.3 Å². The minimum atomic E-state index is -0.896. The van der Waals surface area contributed by atoms with Crippen molar-refractivity contribution in [3.8, 4) is 0 Å². The molecule has 0 atom stereocenters. The zero-order chi connectivity index (χ0) is 17.2. The molecule has 6 heteroatoms. The van der Waals surface area contributed by atoms with Crippen molar-refractivity contribution in [1.82, 2.24) is 19.7 Å². The number of likely N-dealkylation sites (tertiary alicyclic amines) is 1. The van der Waals surface area contributed by atoms with E-state index in [0.29, 0.717) is 31.5 Å². The lowest BCUT2D eigenvalue weighted by atomic mass is 9.85. The van der Waals surface area contributed by atoms with E-state index in [1.54, 1.807) is 18.6 Å². The summed E-state index contributed by atoms with van der Waals surface area (Å²) in [6, 6.07) is 3.72. The van der Waals surface area contributed by atoms with Crippen LogP contribution in [0.5, 0.6) is 0 Å². The van der Waals surface area contributed by atoms with E-state index in [1.165, 1.54) is 0 Å². The van der Waals surface area contributed by atoms with E-state index in [0.717, 1.165) is 24.2 Å². The lowest BCUT2D eigenvalue weighted by Crippen LogP contribution is -2.45. The average Bonchev–Trinajstić information content (AvgIpc) is 2.97. The SMILES string of the molecule is CCCn1ncc(C(=O)N2CCC(O)(c3cccnc3)CC2)c1C. The van der Waals surface area contributed by atoms with E-state index in [-0.39, 0.29) is 5.91 Å². The molecule has 2 aromatic rings. The first-order valence-corrected chi connectivity index (χ1v) is 8.50. The Morgan fingerprint density at radius 3 is 2.71 bits per heavy atom. The monoisotopic (exact) mass is 328 g/mol. The molecule has 128 valence electrons. The maximum atomic E-state index is 12.8. The number of rotatable bonds is 4. The Bertz CT molecular complexity index is 703. The summed E-state index contributed by atoms with van der Waals surface area (Å²) in [7, 11) is 0. The van der Waals surface area contributed by atoms with Gasteiger partial charge >= 0.3 is 0 Å². The predicted molar refractivity (Wildman–Crippen MR) is 90.5 cm³/mol. The number of aryl methyl sites for hydroxylation is 1. The second kappa shape index (κ2) is 6.73. The molecule has 0 saturated carbocycles. The van der Waals surface area contributed by atoms with Crippen LogP contribution in [0.2, 0.25) is 0 Å². The molecule has 3 rings (SSSR count). The van der Waals surface area contributed by atoms with Crippen molar-refractivity contribution in [2.45, 2.75) is 45.3 Å². The fourth-order valence-corrected chi connectivity index (χ4v) is 3.27. The second-order valence-electron chi connectivity index (χ2n) is 6.43. The number of hydrogen-bond donors (Lipinski definition) is 1. The number of hydrogen-bond acceptors (Lipinski definition) is 4. The largest absolute Gasteiger partial charge is 0.385 e. The van der Waals surface area contributed by atoms with E-state index >= 15 is 0 Å². The van der Waals surface area contributed by atoms with Gasteiger partial charge in [0.25, 0.3) is 5.91 Å². The van der Waals surface area contributed by atoms with Gasteiger partial charge in [0.1, 0.15) is 0 Å². The molecule has 0 unspecified atom stereocenters. The number of pyridine rings is 1. The summed E-state index contributed by atoms with van der Waals surface area (Å²) in [4.78, 5) is 18.7. The average molecular weight is 328 g/mol. The Hall–Kier alpha value is -2.21. The van der Waals surface area contributed by atoms with Crippen LogP contribution < -0.4 is 0 Å². The summed E-state index contributed by atoms with van der Waals surface area (Å²) in [6.45, 7) is 5.91. The van der Waals surface area contributed by atoms with Crippen molar-refractivity contribution >= 4 is 5.91 Å². The van der Waals surface area contributed by atoms with Gasteiger partial charge in [0.2, 0.25) is 0 Å². The third-order valence-corrected chi connectivity index (χ3v) is 4.85. The molecule has 24 heavy (non-hydrogen) atoms.